The van der Waals surface area contributed by atoms with Gasteiger partial charge in [-0.05, 0) is 24.6 Å². The number of aromatic nitrogens is 1. The average molecular weight is 292 g/mol. The van der Waals surface area contributed by atoms with Crippen LogP contribution < -0.4 is 15.2 Å². The lowest BCUT2D eigenvalue weighted by molar-refractivity contribution is 0.155. The topological polar surface area (TPSA) is 79.7 Å². The van der Waals surface area contributed by atoms with Gasteiger partial charge in [0.05, 0.1) is 7.11 Å². The number of hydrogen-bond acceptors (Lipinski definition) is 6. The fourth-order valence-corrected chi connectivity index (χ4v) is 1.94. The van der Waals surface area contributed by atoms with Crippen LogP contribution in [0.5, 0.6) is 11.5 Å². The van der Waals surface area contributed by atoms with Gasteiger partial charge in [-0.1, -0.05) is 11.2 Å². The van der Waals surface area contributed by atoms with E-state index in [4.69, 9.17) is 24.5 Å². The molecule has 0 aliphatic carbocycles. The van der Waals surface area contributed by atoms with Gasteiger partial charge < -0.3 is 24.5 Å². The minimum absolute atomic E-state index is 0.317. The summed E-state index contributed by atoms with van der Waals surface area (Å²) < 4.78 is 21.1. The Labute approximate surface area is 123 Å². The Kier molecular flexibility index (Phi) is 5.59. The molecule has 0 atom stereocenters. The Morgan fingerprint density at radius 2 is 2.05 bits per heavy atom. The summed E-state index contributed by atoms with van der Waals surface area (Å²) in [5, 5.41) is 3.93. The van der Waals surface area contributed by atoms with E-state index in [1.54, 1.807) is 14.2 Å². The molecule has 0 fully saturated rings. The zero-order chi connectivity index (χ0) is 15.1. The second-order valence-electron chi connectivity index (χ2n) is 4.52. The molecule has 0 unspecified atom stereocenters. The molecule has 1 heterocycles. The van der Waals surface area contributed by atoms with Gasteiger partial charge in [0.1, 0.15) is 30.4 Å². The lowest BCUT2D eigenvalue weighted by Crippen LogP contribution is -2.06. The molecule has 114 valence electrons. The molecule has 0 saturated heterocycles. The highest BCUT2D eigenvalue weighted by atomic mass is 16.5. The Hall–Kier alpha value is -2.05. The van der Waals surface area contributed by atoms with Crippen molar-refractivity contribution in [2.24, 2.45) is 5.73 Å². The van der Waals surface area contributed by atoms with Gasteiger partial charge in [0.25, 0.3) is 0 Å². The second-order valence-corrected chi connectivity index (χ2v) is 4.52. The maximum absolute atomic E-state index is 5.81. The lowest BCUT2D eigenvalue weighted by atomic mass is 10.1. The third-order valence-electron chi connectivity index (χ3n) is 2.96. The Morgan fingerprint density at radius 3 is 2.76 bits per heavy atom. The van der Waals surface area contributed by atoms with E-state index in [9.17, 15) is 0 Å². The fraction of sp³-hybridized carbons (Fsp3) is 0.400. The summed E-state index contributed by atoms with van der Waals surface area (Å²) in [4.78, 5) is 0. The van der Waals surface area contributed by atoms with E-state index in [0.717, 1.165) is 23.5 Å². The molecule has 0 radical (unpaired) electrons. The van der Waals surface area contributed by atoms with E-state index in [2.05, 4.69) is 5.16 Å². The number of nitrogens with zero attached hydrogens (tertiary/aromatic N) is 1. The zero-order valence-electron chi connectivity index (χ0n) is 12.3. The van der Waals surface area contributed by atoms with Crippen molar-refractivity contribution in [1.82, 2.24) is 5.16 Å². The molecule has 0 spiro atoms. The van der Waals surface area contributed by atoms with Gasteiger partial charge >= 0.3 is 0 Å². The van der Waals surface area contributed by atoms with Crippen molar-refractivity contribution in [2.75, 3.05) is 20.8 Å². The number of nitrogens with two attached hydrogens (primary N) is 1. The van der Waals surface area contributed by atoms with Crippen LogP contribution in [0.3, 0.4) is 0 Å². The predicted molar refractivity (Wildman–Crippen MR) is 77.3 cm³/mol. The van der Waals surface area contributed by atoms with Crippen LogP contribution in [0.4, 0.5) is 0 Å². The fourth-order valence-electron chi connectivity index (χ4n) is 1.94. The third-order valence-corrected chi connectivity index (χ3v) is 2.96. The molecule has 0 aliphatic rings. The van der Waals surface area contributed by atoms with Crippen LogP contribution in [0.1, 0.15) is 17.0 Å². The van der Waals surface area contributed by atoms with Crippen LogP contribution in [0, 0.1) is 0 Å². The molecule has 1 aromatic heterocycles. The van der Waals surface area contributed by atoms with Crippen molar-refractivity contribution in [3.05, 3.63) is 41.3 Å². The van der Waals surface area contributed by atoms with Gasteiger partial charge in [0.2, 0.25) is 0 Å². The summed E-state index contributed by atoms with van der Waals surface area (Å²) in [6, 6.07) is 7.51. The highest BCUT2D eigenvalue weighted by Crippen LogP contribution is 2.26. The molecular formula is C15H20N2O4. The average Bonchev–Trinajstić information content (AvgIpc) is 2.94. The monoisotopic (exact) mass is 292 g/mol. The van der Waals surface area contributed by atoms with Crippen LogP contribution in [-0.4, -0.2) is 25.9 Å². The van der Waals surface area contributed by atoms with Crippen LogP contribution in [0.15, 0.2) is 28.8 Å². The first kappa shape index (κ1) is 15.3. The van der Waals surface area contributed by atoms with Crippen molar-refractivity contribution in [3.8, 4) is 11.5 Å². The van der Waals surface area contributed by atoms with Crippen molar-refractivity contribution in [1.29, 1.82) is 0 Å². The smallest absolute Gasteiger partial charge is 0.162 e. The molecule has 2 rings (SSSR count). The predicted octanol–water partition coefficient (Wildman–Crippen LogP) is 1.91. The first-order valence-electron chi connectivity index (χ1n) is 6.70. The summed E-state index contributed by atoms with van der Waals surface area (Å²) in [5.41, 5.74) is 7.37. The zero-order valence-corrected chi connectivity index (χ0v) is 12.3. The maximum Gasteiger partial charge on any atom is 0.162 e. The normalized spacial score (nSPS) is 10.6. The van der Waals surface area contributed by atoms with Crippen LogP contribution in [0.25, 0.3) is 0 Å². The number of rotatable bonds is 8. The van der Waals surface area contributed by atoms with Gasteiger partial charge in [-0.3, -0.25) is 0 Å². The second kappa shape index (κ2) is 7.66. The van der Waals surface area contributed by atoms with E-state index < -0.39 is 0 Å². The molecule has 6 nitrogen and oxygen atoms in total. The van der Waals surface area contributed by atoms with Gasteiger partial charge in [-0.25, -0.2) is 0 Å². The van der Waals surface area contributed by atoms with Crippen LogP contribution >= 0.6 is 0 Å². The van der Waals surface area contributed by atoms with E-state index in [-0.39, 0.29) is 0 Å². The molecular weight excluding hydrogens is 272 g/mol. The molecule has 1 aromatic carbocycles. The molecule has 0 saturated carbocycles. The van der Waals surface area contributed by atoms with Crippen molar-refractivity contribution >= 4 is 0 Å². The summed E-state index contributed by atoms with van der Waals surface area (Å²) in [6.45, 7) is 1.27. The largest absolute Gasteiger partial charge is 0.497 e. The molecule has 21 heavy (non-hydrogen) atoms. The number of hydrogen-bond donors (Lipinski definition) is 1. The van der Waals surface area contributed by atoms with Gasteiger partial charge in [0, 0.05) is 19.2 Å². The third kappa shape index (κ3) is 4.21. The van der Waals surface area contributed by atoms with Gasteiger partial charge in [-0.2, -0.15) is 0 Å². The van der Waals surface area contributed by atoms with E-state index >= 15 is 0 Å². The van der Waals surface area contributed by atoms with Crippen LogP contribution in [-0.2, 0) is 24.4 Å². The SMILES string of the molecule is COCc1cc(COc2cc(OC)ccc2CCN)no1. The number of benzene rings is 1. The number of methoxy groups -OCH3 is 2. The summed E-state index contributed by atoms with van der Waals surface area (Å²) in [7, 11) is 3.23. The number of ether oxygens (including phenoxy) is 3. The van der Waals surface area contributed by atoms with Crippen LogP contribution in [0.2, 0.25) is 0 Å². The Balaban J connectivity index is 2.06. The Morgan fingerprint density at radius 1 is 1.19 bits per heavy atom. The molecule has 0 bridgehead atoms. The van der Waals surface area contributed by atoms with Crippen molar-refractivity contribution in [3.63, 3.8) is 0 Å². The molecule has 0 amide bonds. The van der Waals surface area contributed by atoms with Gasteiger partial charge in [-0.15, -0.1) is 0 Å². The Bertz CT molecular complexity index is 569. The van der Waals surface area contributed by atoms with E-state index in [0.29, 0.717) is 31.2 Å². The quantitative estimate of drug-likeness (QED) is 0.800. The summed E-state index contributed by atoms with van der Waals surface area (Å²) >= 11 is 0. The summed E-state index contributed by atoms with van der Waals surface area (Å²) in [5.74, 6) is 2.16. The highest BCUT2D eigenvalue weighted by Gasteiger charge is 2.08. The molecule has 2 aromatic rings. The van der Waals surface area contributed by atoms with Gasteiger partial charge in [0.15, 0.2) is 5.76 Å². The minimum atomic E-state index is 0.317. The summed E-state index contributed by atoms with van der Waals surface area (Å²) in [6.07, 6.45) is 0.743. The molecule has 6 heteroatoms. The molecule has 2 N–H and O–H groups in total. The van der Waals surface area contributed by atoms with Crippen molar-refractivity contribution in [2.45, 2.75) is 19.6 Å². The standard InChI is InChI=1S/C15H20N2O4/c1-18-10-14-7-12(17-21-14)9-20-15-8-13(19-2)4-3-11(15)5-6-16/h3-4,7-8H,5-6,9-10,16H2,1-2H3. The van der Waals surface area contributed by atoms with Crippen molar-refractivity contribution < 1.29 is 18.7 Å². The van der Waals surface area contributed by atoms with E-state index in [1.165, 1.54) is 0 Å². The molecule has 0 aliphatic heterocycles. The first-order valence-corrected chi connectivity index (χ1v) is 6.70. The highest BCUT2D eigenvalue weighted by molar-refractivity contribution is 5.41. The minimum Gasteiger partial charge on any atom is -0.497 e. The lowest BCUT2D eigenvalue weighted by Gasteiger charge is -2.11. The maximum atomic E-state index is 5.81. The van der Waals surface area contributed by atoms with E-state index in [1.807, 2.05) is 24.3 Å². The first-order chi connectivity index (χ1) is 10.3.